The van der Waals surface area contributed by atoms with E-state index in [2.05, 4.69) is 4.90 Å². The number of rotatable bonds is 5. The fourth-order valence-electron chi connectivity index (χ4n) is 5.14. The highest BCUT2D eigenvalue weighted by atomic mass is 16.5. The van der Waals surface area contributed by atoms with Crippen LogP contribution in [0, 0.1) is 0 Å². The number of methoxy groups -OCH3 is 1. The first-order valence-electron chi connectivity index (χ1n) is 11.3. The van der Waals surface area contributed by atoms with Gasteiger partial charge in [-0.25, -0.2) is 0 Å². The molecule has 3 aliphatic heterocycles. The standard InChI is InChI=1S/C25H29N3O5/c1-31-21-9-7-19(8-10-21)24(30)26-13-20-14-32-12-11-28(20)25(16-26)17-27(18-25)23(29)15-33-22-5-3-2-4-6-22/h2-10,20H,11-18H2,1H3/t20-/m1/s1. The Morgan fingerprint density at radius 3 is 2.45 bits per heavy atom. The maximum absolute atomic E-state index is 13.3. The number of para-hydroxylation sites is 1. The molecule has 174 valence electrons. The van der Waals surface area contributed by atoms with E-state index in [-0.39, 0.29) is 30.0 Å². The summed E-state index contributed by atoms with van der Waals surface area (Å²) < 4.78 is 16.6. The largest absolute Gasteiger partial charge is 0.497 e. The average Bonchev–Trinajstić information content (AvgIpc) is 2.85. The molecule has 1 spiro atoms. The molecule has 33 heavy (non-hydrogen) atoms. The van der Waals surface area contributed by atoms with Crippen LogP contribution in [0.3, 0.4) is 0 Å². The van der Waals surface area contributed by atoms with E-state index in [1.807, 2.05) is 40.1 Å². The van der Waals surface area contributed by atoms with Crippen LogP contribution in [0.15, 0.2) is 54.6 Å². The number of likely N-dealkylation sites (tertiary alicyclic amines) is 1. The van der Waals surface area contributed by atoms with Crippen LogP contribution in [0.2, 0.25) is 0 Å². The second-order valence-electron chi connectivity index (χ2n) is 8.91. The molecular weight excluding hydrogens is 422 g/mol. The number of carbonyl (C=O) groups excluding carboxylic acids is 2. The second-order valence-corrected chi connectivity index (χ2v) is 8.91. The van der Waals surface area contributed by atoms with E-state index in [0.717, 1.165) is 12.3 Å². The highest BCUT2D eigenvalue weighted by Crippen LogP contribution is 2.36. The molecule has 0 unspecified atom stereocenters. The maximum atomic E-state index is 13.3. The van der Waals surface area contributed by atoms with Crippen molar-refractivity contribution in [2.75, 3.05) is 59.7 Å². The van der Waals surface area contributed by atoms with E-state index in [9.17, 15) is 9.59 Å². The predicted octanol–water partition coefficient (Wildman–Crippen LogP) is 1.51. The second kappa shape index (κ2) is 9.03. The Labute approximate surface area is 193 Å². The lowest BCUT2D eigenvalue weighted by atomic mass is 9.82. The molecule has 0 aliphatic carbocycles. The first-order chi connectivity index (χ1) is 16.1. The molecule has 2 aromatic rings. The van der Waals surface area contributed by atoms with Crippen molar-refractivity contribution >= 4 is 11.8 Å². The number of hydrogen-bond donors (Lipinski definition) is 0. The first kappa shape index (κ1) is 21.7. The number of hydrogen-bond acceptors (Lipinski definition) is 6. The van der Waals surface area contributed by atoms with Gasteiger partial charge in [-0.3, -0.25) is 14.5 Å². The number of carbonyl (C=O) groups is 2. The van der Waals surface area contributed by atoms with Crippen LogP contribution in [0.25, 0.3) is 0 Å². The Bertz CT molecular complexity index is 991. The van der Waals surface area contributed by atoms with Crippen LogP contribution in [0.1, 0.15) is 10.4 Å². The Balaban J connectivity index is 1.26. The summed E-state index contributed by atoms with van der Waals surface area (Å²) in [4.78, 5) is 32.3. The lowest BCUT2D eigenvalue weighted by Gasteiger charge is -2.63. The summed E-state index contributed by atoms with van der Waals surface area (Å²) >= 11 is 0. The topological polar surface area (TPSA) is 71.5 Å². The summed E-state index contributed by atoms with van der Waals surface area (Å²) in [5.41, 5.74) is 0.400. The quantitative estimate of drug-likeness (QED) is 0.687. The summed E-state index contributed by atoms with van der Waals surface area (Å²) in [6.07, 6.45) is 0. The van der Waals surface area contributed by atoms with E-state index >= 15 is 0 Å². The SMILES string of the molecule is COc1ccc(C(=O)N2C[C@@H]3COCCN3C3(CN(C(=O)COc4ccccc4)C3)C2)cc1. The van der Waals surface area contributed by atoms with Crippen molar-refractivity contribution in [1.82, 2.24) is 14.7 Å². The van der Waals surface area contributed by atoms with Gasteiger partial charge in [0.1, 0.15) is 11.5 Å². The molecule has 2 amide bonds. The highest BCUT2D eigenvalue weighted by molar-refractivity contribution is 5.94. The average molecular weight is 452 g/mol. The number of fused-ring (bicyclic) bond motifs is 2. The minimum atomic E-state index is -0.239. The van der Waals surface area contributed by atoms with Crippen molar-refractivity contribution in [3.8, 4) is 11.5 Å². The summed E-state index contributed by atoms with van der Waals surface area (Å²) in [5.74, 6) is 1.37. The van der Waals surface area contributed by atoms with Crippen LogP contribution >= 0.6 is 0 Å². The van der Waals surface area contributed by atoms with Crippen LogP contribution in [0.5, 0.6) is 11.5 Å². The van der Waals surface area contributed by atoms with Crippen molar-refractivity contribution < 1.29 is 23.8 Å². The van der Waals surface area contributed by atoms with Crippen LogP contribution in [-0.2, 0) is 9.53 Å². The third-order valence-corrected chi connectivity index (χ3v) is 6.81. The Kier molecular flexibility index (Phi) is 5.95. The molecule has 3 saturated heterocycles. The van der Waals surface area contributed by atoms with Gasteiger partial charge in [0.15, 0.2) is 6.61 Å². The molecule has 0 saturated carbocycles. The van der Waals surface area contributed by atoms with Gasteiger partial charge in [-0.2, -0.15) is 0 Å². The van der Waals surface area contributed by atoms with Gasteiger partial charge in [0.25, 0.3) is 11.8 Å². The van der Waals surface area contributed by atoms with Crippen molar-refractivity contribution in [3.63, 3.8) is 0 Å². The van der Waals surface area contributed by atoms with E-state index in [4.69, 9.17) is 14.2 Å². The van der Waals surface area contributed by atoms with E-state index in [1.165, 1.54) is 0 Å². The fourth-order valence-corrected chi connectivity index (χ4v) is 5.14. The molecule has 1 atom stereocenters. The number of amides is 2. The third-order valence-electron chi connectivity index (χ3n) is 6.81. The first-order valence-corrected chi connectivity index (χ1v) is 11.3. The summed E-state index contributed by atoms with van der Waals surface area (Å²) in [5, 5.41) is 0. The highest BCUT2D eigenvalue weighted by Gasteiger charge is 2.56. The number of benzene rings is 2. The molecule has 3 fully saturated rings. The molecule has 3 heterocycles. The molecule has 3 aliphatic rings. The number of nitrogens with zero attached hydrogens (tertiary/aromatic N) is 3. The predicted molar refractivity (Wildman–Crippen MR) is 121 cm³/mol. The van der Waals surface area contributed by atoms with Crippen molar-refractivity contribution in [2.24, 2.45) is 0 Å². The Morgan fingerprint density at radius 2 is 1.73 bits per heavy atom. The third kappa shape index (κ3) is 4.28. The summed E-state index contributed by atoms with van der Waals surface area (Å²) in [6.45, 7) is 4.50. The van der Waals surface area contributed by atoms with Gasteiger partial charge in [-0.05, 0) is 36.4 Å². The number of ether oxygens (including phenoxy) is 3. The van der Waals surface area contributed by atoms with Gasteiger partial charge < -0.3 is 24.0 Å². The molecule has 0 bridgehead atoms. The van der Waals surface area contributed by atoms with Crippen LogP contribution < -0.4 is 9.47 Å². The van der Waals surface area contributed by atoms with Gasteiger partial charge in [-0.1, -0.05) is 18.2 Å². The van der Waals surface area contributed by atoms with Crippen molar-refractivity contribution in [1.29, 1.82) is 0 Å². The van der Waals surface area contributed by atoms with Gasteiger partial charge >= 0.3 is 0 Å². The van der Waals surface area contributed by atoms with Gasteiger partial charge in [0.05, 0.1) is 31.9 Å². The smallest absolute Gasteiger partial charge is 0.260 e. The molecule has 2 aromatic carbocycles. The molecule has 5 rings (SSSR count). The zero-order chi connectivity index (χ0) is 22.8. The zero-order valence-electron chi connectivity index (χ0n) is 18.8. The number of morpholine rings is 1. The van der Waals surface area contributed by atoms with E-state index in [1.54, 1.807) is 31.4 Å². The lowest BCUT2D eigenvalue weighted by Crippen LogP contribution is -2.81. The molecule has 0 N–H and O–H groups in total. The summed E-state index contributed by atoms with van der Waals surface area (Å²) in [6, 6.07) is 16.7. The minimum absolute atomic E-state index is 0.000519. The zero-order valence-corrected chi connectivity index (χ0v) is 18.8. The summed E-state index contributed by atoms with van der Waals surface area (Å²) in [7, 11) is 1.61. The van der Waals surface area contributed by atoms with Crippen LogP contribution in [-0.4, -0.2) is 97.7 Å². The normalized spacial score (nSPS) is 21.8. The van der Waals surface area contributed by atoms with Gasteiger partial charge in [0, 0.05) is 38.3 Å². The molecule has 0 radical (unpaired) electrons. The molecule has 0 aromatic heterocycles. The van der Waals surface area contributed by atoms with Crippen LogP contribution in [0.4, 0.5) is 0 Å². The fraction of sp³-hybridized carbons (Fsp3) is 0.440. The maximum Gasteiger partial charge on any atom is 0.260 e. The minimum Gasteiger partial charge on any atom is -0.497 e. The molecular formula is C25H29N3O5. The van der Waals surface area contributed by atoms with Gasteiger partial charge in [-0.15, -0.1) is 0 Å². The van der Waals surface area contributed by atoms with Crippen molar-refractivity contribution in [3.05, 3.63) is 60.2 Å². The van der Waals surface area contributed by atoms with Gasteiger partial charge in [0.2, 0.25) is 0 Å². The Hall–Kier alpha value is -3.10. The van der Waals surface area contributed by atoms with Crippen molar-refractivity contribution in [2.45, 2.75) is 11.6 Å². The Morgan fingerprint density at radius 1 is 1.00 bits per heavy atom. The van der Waals surface area contributed by atoms with E-state index in [0.29, 0.717) is 50.7 Å². The number of piperazine rings is 1. The van der Waals surface area contributed by atoms with E-state index < -0.39 is 0 Å². The molecule has 8 nitrogen and oxygen atoms in total. The molecule has 8 heteroatoms. The lowest BCUT2D eigenvalue weighted by molar-refractivity contribution is -0.173. The monoisotopic (exact) mass is 451 g/mol.